The Labute approximate surface area is 207 Å². The van der Waals surface area contributed by atoms with Crippen molar-refractivity contribution < 1.29 is 37.6 Å². The number of esters is 2. The molecule has 0 saturated heterocycles. The Morgan fingerprint density at radius 2 is 1.15 bits per heavy atom. The van der Waals surface area contributed by atoms with E-state index in [9.17, 15) is 19.0 Å². The van der Waals surface area contributed by atoms with Crippen molar-refractivity contribution in [2.45, 2.75) is 130 Å². The number of rotatable bonds is 24. The molecular formula is C25H49O8P. The van der Waals surface area contributed by atoms with Crippen molar-refractivity contribution in [3.05, 3.63) is 0 Å². The van der Waals surface area contributed by atoms with Gasteiger partial charge in [-0.2, -0.15) is 0 Å². The third-order valence-electron chi connectivity index (χ3n) is 5.41. The second kappa shape index (κ2) is 22.5. The van der Waals surface area contributed by atoms with Crippen molar-refractivity contribution in [2.75, 3.05) is 19.8 Å². The number of phosphoric acid groups is 1. The zero-order chi connectivity index (χ0) is 25.5. The molecular weight excluding hydrogens is 459 g/mol. The van der Waals surface area contributed by atoms with Crippen LogP contribution in [0.5, 0.6) is 0 Å². The fourth-order valence-corrected chi connectivity index (χ4v) is 4.21. The van der Waals surface area contributed by atoms with E-state index < -0.39 is 19.9 Å². The van der Waals surface area contributed by atoms with Crippen LogP contribution in [0.25, 0.3) is 0 Å². The zero-order valence-corrected chi connectivity index (χ0v) is 22.7. The van der Waals surface area contributed by atoms with Gasteiger partial charge in [0.1, 0.15) is 6.61 Å². The first kappa shape index (κ1) is 33.0. The molecule has 0 aliphatic heterocycles. The van der Waals surface area contributed by atoms with Crippen LogP contribution in [0.3, 0.4) is 0 Å². The smallest absolute Gasteiger partial charge is 0.462 e. The van der Waals surface area contributed by atoms with E-state index in [2.05, 4.69) is 18.4 Å². The van der Waals surface area contributed by atoms with Crippen LogP contribution in [0.2, 0.25) is 0 Å². The van der Waals surface area contributed by atoms with Gasteiger partial charge in [0.05, 0.1) is 13.2 Å². The molecule has 8 nitrogen and oxygen atoms in total. The Balaban J connectivity index is 4.29. The van der Waals surface area contributed by atoms with Gasteiger partial charge in [-0.3, -0.25) is 18.6 Å². The molecule has 0 heterocycles. The lowest BCUT2D eigenvalue weighted by Gasteiger charge is -2.19. The number of carbonyl (C=O) groups excluding carboxylic acids is 2. The number of hydrogen-bond acceptors (Lipinski definition) is 7. The van der Waals surface area contributed by atoms with Crippen molar-refractivity contribution in [2.24, 2.45) is 0 Å². The van der Waals surface area contributed by atoms with Crippen molar-refractivity contribution in [3.63, 3.8) is 0 Å². The standard InChI is InChI=1S/C25H49O8P/c1-4-7-9-11-12-13-14-16-17-19-24(26)30-21-23(22-32-34(28,29)31-6-3)33-25(27)20-18-15-10-8-5-2/h23H,4-22H2,1-3H3,(H,28,29)/t23-/m0/s1. The Morgan fingerprint density at radius 3 is 1.65 bits per heavy atom. The molecule has 0 fully saturated rings. The summed E-state index contributed by atoms with van der Waals surface area (Å²) in [5.74, 6) is -0.815. The fourth-order valence-electron chi connectivity index (χ4n) is 3.45. The van der Waals surface area contributed by atoms with Gasteiger partial charge in [-0.15, -0.1) is 0 Å². The van der Waals surface area contributed by atoms with Gasteiger partial charge in [0, 0.05) is 12.8 Å². The van der Waals surface area contributed by atoms with Gasteiger partial charge in [-0.05, 0) is 19.8 Å². The average molecular weight is 509 g/mol. The summed E-state index contributed by atoms with van der Waals surface area (Å²) < 4.78 is 31.9. The highest BCUT2D eigenvalue weighted by atomic mass is 31.2. The van der Waals surface area contributed by atoms with E-state index in [1.54, 1.807) is 6.92 Å². The number of unbranched alkanes of at least 4 members (excludes halogenated alkanes) is 12. The minimum absolute atomic E-state index is 0.00369. The summed E-state index contributed by atoms with van der Waals surface area (Å²) in [7, 11) is -4.24. The molecule has 0 radical (unpaired) electrons. The van der Waals surface area contributed by atoms with Gasteiger partial charge in [0.2, 0.25) is 0 Å². The minimum atomic E-state index is -4.24. The summed E-state index contributed by atoms with van der Waals surface area (Å²) in [6, 6.07) is 0. The van der Waals surface area contributed by atoms with Crippen LogP contribution < -0.4 is 0 Å². The van der Waals surface area contributed by atoms with E-state index in [1.165, 1.54) is 38.5 Å². The first-order chi connectivity index (χ1) is 16.3. The first-order valence-electron chi connectivity index (χ1n) is 13.3. The van der Waals surface area contributed by atoms with Crippen LogP contribution in [0, 0.1) is 0 Å². The highest BCUT2D eigenvalue weighted by Crippen LogP contribution is 2.43. The van der Waals surface area contributed by atoms with E-state index in [4.69, 9.17) is 14.0 Å². The molecule has 0 aromatic carbocycles. The van der Waals surface area contributed by atoms with Crippen molar-refractivity contribution in [1.82, 2.24) is 0 Å². The Morgan fingerprint density at radius 1 is 0.676 bits per heavy atom. The number of phosphoric ester groups is 1. The molecule has 9 heteroatoms. The average Bonchev–Trinajstić information content (AvgIpc) is 2.79. The zero-order valence-electron chi connectivity index (χ0n) is 21.8. The van der Waals surface area contributed by atoms with Crippen molar-refractivity contribution >= 4 is 19.8 Å². The van der Waals surface area contributed by atoms with Crippen LogP contribution in [0.4, 0.5) is 0 Å². The van der Waals surface area contributed by atoms with Crippen LogP contribution >= 0.6 is 7.82 Å². The van der Waals surface area contributed by atoms with Gasteiger partial charge in [-0.25, -0.2) is 4.57 Å². The Hall–Kier alpha value is -0.950. The molecule has 34 heavy (non-hydrogen) atoms. The van der Waals surface area contributed by atoms with Crippen LogP contribution in [-0.4, -0.2) is 42.8 Å². The fraction of sp³-hybridized carbons (Fsp3) is 0.920. The van der Waals surface area contributed by atoms with Gasteiger partial charge >= 0.3 is 19.8 Å². The minimum Gasteiger partial charge on any atom is -0.462 e. The van der Waals surface area contributed by atoms with Gasteiger partial charge in [0.15, 0.2) is 6.10 Å². The molecule has 0 bridgehead atoms. The van der Waals surface area contributed by atoms with Gasteiger partial charge in [-0.1, -0.05) is 90.9 Å². The Kier molecular flexibility index (Phi) is 21.9. The van der Waals surface area contributed by atoms with E-state index in [0.717, 1.165) is 44.9 Å². The van der Waals surface area contributed by atoms with Crippen molar-refractivity contribution in [1.29, 1.82) is 0 Å². The maximum atomic E-state index is 12.2. The lowest BCUT2D eigenvalue weighted by molar-refractivity contribution is -0.161. The summed E-state index contributed by atoms with van der Waals surface area (Å²) >= 11 is 0. The second-order valence-corrected chi connectivity index (χ2v) is 10.2. The molecule has 0 aliphatic rings. The largest absolute Gasteiger partial charge is 0.472 e. The van der Waals surface area contributed by atoms with Crippen LogP contribution in [0.15, 0.2) is 0 Å². The summed E-state index contributed by atoms with van der Waals surface area (Å²) in [4.78, 5) is 33.8. The van der Waals surface area contributed by atoms with Crippen LogP contribution in [0.1, 0.15) is 124 Å². The molecule has 0 spiro atoms. The lowest BCUT2D eigenvalue weighted by Crippen LogP contribution is -2.29. The third-order valence-corrected chi connectivity index (χ3v) is 6.47. The van der Waals surface area contributed by atoms with E-state index in [1.807, 2.05) is 0 Å². The Bertz CT molecular complexity index is 555. The van der Waals surface area contributed by atoms with Crippen molar-refractivity contribution in [3.8, 4) is 0 Å². The predicted molar refractivity (Wildman–Crippen MR) is 133 cm³/mol. The van der Waals surface area contributed by atoms with E-state index in [-0.39, 0.29) is 32.2 Å². The van der Waals surface area contributed by atoms with Gasteiger partial charge in [0.25, 0.3) is 0 Å². The number of carbonyl (C=O) groups is 2. The first-order valence-corrected chi connectivity index (χ1v) is 14.8. The highest BCUT2D eigenvalue weighted by molar-refractivity contribution is 7.47. The lowest BCUT2D eigenvalue weighted by atomic mass is 10.1. The molecule has 0 aromatic heterocycles. The van der Waals surface area contributed by atoms with E-state index >= 15 is 0 Å². The number of ether oxygens (including phenoxy) is 2. The molecule has 2 atom stereocenters. The molecule has 202 valence electrons. The molecule has 0 rings (SSSR count). The third kappa shape index (κ3) is 21.6. The molecule has 0 aliphatic carbocycles. The normalized spacial score (nSPS) is 13.9. The van der Waals surface area contributed by atoms with Gasteiger partial charge < -0.3 is 14.4 Å². The number of hydrogen-bond donors (Lipinski definition) is 1. The summed E-state index contributed by atoms with van der Waals surface area (Å²) in [5, 5.41) is 0. The maximum Gasteiger partial charge on any atom is 0.472 e. The molecule has 1 unspecified atom stereocenters. The molecule has 0 aromatic rings. The SMILES string of the molecule is CCCCCCCCCCCC(=O)OC[C@@H](COP(=O)(O)OCC)OC(=O)CCCCCCC. The topological polar surface area (TPSA) is 108 Å². The monoisotopic (exact) mass is 508 g/mol. The molecule has 0 saturated carbocycles. The van der Waals surface area contributed by atoms with E-state index in [0.29, 0.717) is 12.8 Å². The predicted octanol–water partition coefficient (Wildman–Crippen LogP) is 6.88. The highest BCUT2D eigenvalue weighted by Gasteiger charge is 2.25. The maximum absolute atomic E-state index is 12.2. The van der Waals surface area contributed by atoms with Crippen LogP contribution in [-0.2, 0) is 32.7 Å². The quantitative estimate of drug-likeness (QED) is 0.0854. The molecule has 0 amide bonds. The summed E-state index contributed by atoms with van der Waals surface area (Å²) in [6.45, 7) is 5.29. The summed E-state index contributed by atoms with van der Waals surface area (Å²) in [5.41, 5.74) is 0. The molecule has 1 N–H and O–H groups in total. The second-order valence-electron chi connectivity index (χ2n) is 8.72. The summed E-state index contributed by atoms with van der Waals surface area (Å²) in [6.07, 6.45) is 14.9.